The Morgan fingerprint density at radius 2 is 1.76 bits per heavy atom. The maximum absolute atomic E-state index is 12.0. The van der Waals surface area contributed by atoms with Crippen LogP contribution in [0.25, 0.3) is 0 Å². The molecule has 0 aliphatic rings. The van der Waals surface area contributed by atoms with E-state index in [9.17, 15) is 9.59 Å². The molecule has 1 amide bonds. The van der Waals surface area contributed by atoms with Gasteiger partial charge >= 0.3 is 5.97 Å². The summed E-state index contributed by atoms with van der Waals surface area (Å²) < 4.78 is 5.06. The Balaban J connectivity index is 2.86. The summed E-state index contributed by atoms with van der Waals surface area (Å²) in [6.45, 7) is 9.54. The molecule has 2 atom stereocenters. The van der Waals surface area contributed by atoms with E-state index in [0.29, 0.717) is 13.0 Å². The molecular weight excluding hydrogens is 266 g/mol. The smallest absolute Gasteiger partial charge is 0.328 e. The van der Waals surface area contributed by atoms with Gasteiger partial charge in [-0.1, -0.05) is 36.2 Å². The molecular formula is C17H25NO3. The number of esters is 1. The van der Waals surface area contributed by atoms with Crippen molar-refractivity contribution in [3.8, 4) is 0 Å². The highest BCUT2D eigenvalue weighted by molar-refractivity contribution is 5.83. The average Bonchev–Trinajstić information content (AvgIpc) is 2.34. The van der Waals surface area contributed by atoms with Crippen molar-refractivity contribution in [1.82, 2.24) is 5.32 Å². The van der Waals surface area contributed by atoms with Gasteiger partial charge < -0.3 is 10.1 Å². The van der Waals surface area contributed by atoms with Crippen molar-refractivity contribution in [2.45, 2.75) is 47.1 Å². The number of rotatable bonds is 6. The Labute approximate surface area is 126 Å². The third-order valence-electron chi connectivity index (χ3n) is 3.31. The summed E-state index contributed by atoms with van der Waals surface area (Å²) in [5.41, 5.74) is 3.56. The number of benzene rings is 1. The van der Waals surface area contributed by atoms with Crippen molar-refractivity contribution in [2.24, 2.45) is 5.92 Å². The lowest BCUT2D eigenvalue weighted by atomic mass is 9.92. The van der Waals surface area contributed by atoms with Gasteiger partial charge in [0.05, 0.1) is 6.61 Å². The zero-order valence-electron chi connectivity index (χ0n) is 13.5. The van der Waals surface area contributed by atoms with Crippen LogP contribution in [0.5, 0.6) is 0 Å². The van der Waals surface area contributed by atoms with Crippen molar-refractivity contribution in [3.63, 3.8) is 0 Å². The maximum atomic E-state index is 12.0. The third kappa shape index (κ3) is 5.58. The Bertz CT molecular complexity index is 491. The molecule has 0 fully saturated rings. The highest BCUT2D eigenvalue weighted by Gasteiger charge is 2.27. The molecule has 0 saturated carbocycles. The zero-order valence-corrected chi connectivity index (χ0v) is 13.5. The molecule has 2 unspecified atom stereocenters. The van der Waals surface area contributed by atoms with E-state index in [1.807, 2.05) is 6.92 Å². The highest BCUT2D eigenvalue weighted by atomic mass is 16.5. The fourth-order valence-electron chi connectivity index (χ4n) is 2.56. The van der Waals surface area contributed by atoms with E-state index in [1.165, 1.54) is 23.6 Å². The van der Waals surface area contributed by atoms with E-state index >= 15 is 0 Å². The van der Waals surface area contributed by atoms with Crippen LogP contribution < -0.4 is 5.32 Å². The molecule has 1 aromatic carbocycles. The second kappa shape index (κ2) is 7.81. The predicted octanol–water partition coefficient (Wildman–Crippen LogP) is 2.55. The fraction of sp³-hybridized carbons (Fsp3) is 0.529. The van der Waals surface area contributed by atoms with Crippen molar-refractivity contribution in [1.29, 1.82) is 0 Å². The molecule has 0 aromatic heterocycles. The van der Waals surface area contributed by atoms with E-state index < -0.39 is 6.04 Å². The number of ether oxygens (including phenoxy) is 1. The van der Waals surface area contributed by atoms with Crippen molar-refractivity contribution < 1.29 is 14.3 Å². The van der Waals surface area contributed by atoms with Crippen molar-refractivity contribution >= 4 is 11.9 Å². The first-order valence-electron chi connectivity index (χ1n) is 7.34. The lowest BCUT2D eigenvalue weighted by Gasteiger charge is -2.23. The van der Waals surface area contributed by atoms with Crippen LogP contribution in [0, 0.1) is 19.8 Å². The van der Waals surface area contributed by atoms with Gasteiger partial charge in [-0.25, -0.2) is 4.79 Å². The van der Waals surface area contributed by atoms with Crippen molar-refractivity contribution in [2.75, 3.05) is 6.61 Å². The fourth-order valence-corrected chi connectivity index (χ4v) is 2.56. The Hall–Kier alpha value is -1.84. The molecule has 4 heteroatoms. The highest BCUT2D eigenvalue weighted by Crippen LogP contribution is 2.16. The SMILES string of the molecule is CCOC(=O)C(NC(C)=O)C(C)Cc1cc(C)cc(C)c1. The number of carbonyl (C=O) groups is 2. The second-order valence-corrected chi connectivity index (χ2v) is 5.61. The molecule has 1 rings (SSSR count). The lowest BCUT2D eigenvalue weighted by molar-refractivity contribution is -0.148. The van der Waals surface area contributed by atoms with E-state index in [0.717, 1.165) is 0 Å². The summed E-state index contributed by atoms with van der Waals surface area (Å²) in [5.74, 6) is -0.626. The molecule has 116 valence electrons. The summed E-state index contributed by atoms with van der Waals surface area (Å²) >= 11 is 0. The van der Waals surface area contributed by atoms with Gasteiger partial charge in [0, 0.05) is 6.92 Å². The van der Waals surface area contributed by atoms with Crippen LogP contribution in [0.4, 0.5) is 0 Å². The van der Waals surface area contributed by atoms with Crippen LogP contribution in [-0.4, -0.2) is 24.5 Å². The molecule has 4 nitrogen and oxygen atoms in total. The van der Waals surface area contributed by atoms with Gasteiger partial charge in [-0.2, -0.15) is 0 Å². The largest absolute Gasteiger partial charge is 0.464 e. The quantitative estimate of drug-likeness (QED) is 0.820. The second-order valence-electron chi connectivity index (χ2n) is 5.61. The molecule has 0 saturated heterocycles. The van der Waals surface area contributed by atoms with Crippen LogP contribution in [0.15, 0.2) is 18.2 Å². The van der Waals surface area contributed by atoms with Crippen LogP contribution >= 0.6 is 0 Å². The van der Waals surface area contributed by atoms with Gasteiger partial charge in [0.2, 0.25) is 5.91 Å². The zero-order chi connectivity index (χ0) is 16.0. The van der Waals surface area contributed by atoms with E-state index in [2.05, 4.69) is 37.4 Å². The number of amides is 1. The predicted molar refractivity (Wildman–Crippen MR) is 83.0 cm³/mol. The number of aryl methyl sites for hydroxylation is 2. The van der Waals surface area contributed by atoms with Gasteiger partial charge in [0.1, 0.15) is 6.04 Å². The molecule has 0 aliphatic carbocycles. The first kappa shape index (κ1) is 17.2. The maximum Gasteiger partial charge on any atom is 0.328 e. The summed E-state index contributed by atoms with van der Waals surface area (Å²) in [6.07, 6.45) is 0.715. The van der Waals surface area contributed by atoms with Gasteiger partial charge in [-0.3, -0.25) is 4.79 Å². The van der Waals surface area contributed by atoms with Crippen LogP contribution in [0.1, 0.15) is 37.5 Å². The molecule has 1 N–H and O–H groups in total. The lowest BCUT2D eigenvalue weighted by Crippen LogP contribution is -2.45. The van der Waals surface area contributed by atoms with E-state index in [4.69, 9.17) is 4.74 Å². The average molecular weight is 291 g/mol. The summed E-state index contributed by atoms with van der Waals surface area (Å²) in [7, 11) is 0. The third-order valence-corrected chi connectivity index (χ3v) is 3.31. The monoisotopic (exact) mass is 291 g/mol. The first-order valence-corrected chi connectivity index (χ1v) is 7.34. The van der Waals surface area contributed by atoms with Crippen LogP contribution in [0.2, 0.25) is 0 Å². The minimum absolute atomic E-state index is 0.0332. The molecule has 0 aliphatic heterocycles. The first-order chi connectivity index (χ1) is 9.83. The summed E-state index contributed by atoms with van der Waals surface area (Å²) in [6, 6.07) is 5.73. The minimum Gasteiger partial charge on any atom is -0.464 e. The number of hydrogen-bond donors (Lipinski definition) is 1. The molecule has 0 bridgehead atoms. The number of carbonyl (C=O) groups excluding carboxylic acids is 2. The van der Waals surface area contributed by atoms with Gasteiger partial charge in [0.25, 0.3) is 0 Å². The summed E-state index contributed by atoms with van der Waals surface area (Å²) in [4.78, 5) is 23.3. The van der Waals surface area contributed by atoms with Crippen molar-refractivity contribution in [3.05, 3.63) is 34.9 Å². The van der Waals surface area contributed by atoms with Gasteiger partial charge in [-0.05, 0) is 38.7 Å². The Morgan fingerprint density at radius 3 is 2.24 bits per heavy atom. The molecule has 0 radical (unpaired) electrons. The number of nitrogens with one attached hydrogen (secondary N) is 1. The minimum atomic E-state index is -0.608. The Morgan fingerprint density at radius 1 is 1.19 bits per heavy atom. The molecule has 21 heavy (non-hydrogen) atoms. The van der Waals surface area contributed by atoms with E-state index in [1.54, 1.807) is 6.92 Å². The molecule has 0 spiro atoms. The number of hydrogen-bond acceptors (Lipinski definition) is 3. The molecule has 1 aromatic rings. The van der Waals surface area contributed by atoms with E-state index in [-0.39, 0.29) is 17.8 Å². The van der Waals surface area contributed by atoms with Crippen LogP contribution in [0.3, 0.4) is 0 Å². The topological polar surface area (TPSA) is 55.4 Å². The standard InChI is InChI=1S/C17H25NO3/c1-6-21-17(20)16(18-14(5)19)13(4)10-15-8-11(2)7-12(3)9-15/h7-9,13,16H,6,10H2,1-5H3,(H,18,19). The molecule has 0 heterocycles. The summed E-state index contributed by atoms with van der Waals surface area (Å²) in [5, 5.41) is 2.70. The van der Waals surface area contributed by atoms with Crippen LogP contribution in [-0.2, 0) is 20.7 Å². The van der Waals surface area contributed by atoms with Gasteiger partial charge in [-0.15, -0.1) is 0 Å². The normalized spacial score (nSPS) is 13.4. The Kier molecular flexibility index (Phi) is 6.40. The van der Waals surface area contributed by atoms with Gasteiger partial charge in [0.15, 0.2) is 0 Å².